The minimum Gasteiger partial charge on any atom is -0.376 e. The number of thiophene rings is 1. The van der Waals surface area contributed by atoms with Gasteiger partial charge in [0.1, 0.15) is 0 Å². The van der Waals surface area contributed by atoms with Crippen molar-refractivity contribution in [2.45, 2.75) is 13.5 Å². The van der Waals surface area contributed by atoms with Crippen molar-refractivity contribution in [3.63, 3.8) is 0 Å². The molecule has 4 heteroatoms. The Hall–Kier alpha value is -0.160. The molecule has 1 aromatic rings. The van der Waals surface area contributed by atoms with Crippen LogP contribution in [-0.2, 0) is 11.3 Å². The summed E-state index contributed by atoms with van der Waals surface area (Å²) in [5.41, 5.74) is 0. The lowest BCUT2D eigenvalue weighted by atomic mass is 10.4. The van der Waals surface area contributed by atoms with Crippen molar-refractivity contribution in [1.82, 2.24) is 5.32 Å². The summed E-state index contributed by atoms with van der Waals surface area (Å²) in [5, 5.41) is 5.43. The van der Waals surface area contributed by atoms with Crippen molar-refractivity contribution in [2.75, 3.05) is 19.8 Å². The SMILES string of the molecule is CC=CCOCCNCc1cc(Br)cs1. The zero-order valence-corrected chi connectivity index (χ0v) is 11.2. The van der Waals surface area contributed by atoms with Crippen molar-refractivity contribution >= 4 is 27.3 Å². The second kappa shape index (κ2) is 8.05. The van der Waals surface area contributed by atoms with Crippen molar-refractivity contribution < 1.29 is 4.74 Å². The zero-order chi connectivity index (χ0) is 10.9. The third-order valence-corrected chi connectivity index (χ3v) is 3.49. The van der Waals surface area contributed by atoms with Crippen LogP contribution in [0.3, 0.4) is 0 Å². The van der Waals surface area contributed by atoms with E-state index in [1.54, 1.807) is 11.3 Å². The van der Waals surface area contributed by atoms with E-state index in [4.69, 9.17) is 4.74 Å². The first-order chi connectivity index (χ1) is 7.33. The van der Waals surface area contributed by atoms with Crippen molar-refractivity contribution in [2.24, 2.45) is 0 Å². The number of halogens is 1. The molecule has 0 aliphatic carbocycles. The molecule has 0 amide bonds. The molecule has 1 heterocycles. The van der Waals surface area contributed by atoms with Crippen LogP contribution in [0, 0.1) is 0 Å². The summed E-state index contributed by atoms with van der Waals surface area (Å²) in [5.74, 6) is 0. The zero-order valence-electron chi connectivity index (χ0n) is 8.83. The highest BCUT2D eigenvalue weighted by Gasteiger charge is 1.96. The van der Waals surface area contributed by atoms with Crippen molar-refractivity contribution in [3.05, 3.63) is 32.9 Å². The van der Waals surface area contributed by atoms with Crippen LogP contribution in [0.25, 0.3) is 0 Å². The van der Waals surface area contributed by atoms with E-state index in [9.17, 15) is 0 Å². The molecule has 0 saturated carbocycles. The van der Waals surface area contributed by atoms with Crippen LogP contribution < -0.4 is 5.32 Å². The Morgan fingerprint density at radius 2 is 2.47 bits per heavy atom. The largest absolute Gasteiger partial charge is 0.376 e. The summed E-state index contributed by atoms with van der Waals surface area (Å²) < 4.78 is 6.52. The molecule has 0 unspecified atom stereocenters. The fourth-order valence-electron chi connectivity index (χ4n) is 1.05. The third kappa shape index (κ3) is 6.10. The van der Waals surface area contributed by atoms with Gasteiger partial charge in [0.05, 0.1) is 13.2 Å². The Kier molecular flexibility index (Phi) is 6.92. The fraction of sp³-hybridized carbons (Fsp3) is 0.455. The molecule has 0 aliphatic rings. The fourth-order valence-corrected chi connectivity index (χ4v) is 2.47. The van der Waals surface area contributed by atoms with E-state index in [0.717, 1.165) is 24.2 Å². The number of allylic oxidation sites excluding steroid dienone is 1. The Morgan fingerprint density at radius 3 is 3.13 bits per heavy atom. The molecular weight excluding hydrogens is 274 g/mol. The van der Waals surface area contributed by atoms with Gasteiger partial charge in [-0.05, 0) is 28.9 Å². The lowest BCUT2D eigenvalue weighted by Gasteiger charge is -2.02. The predicted molar refractivity (Wildman–Crippen MR) is 69.4 cm³/mol. The first-order valence-electron chi connectivity index (χ1n) is 4.95. The van der Waals surface area contributed by atoms with Gasteiger partial charge in [-0.1, -0.05) is 12.2 Å². The van der Waals surface area contributed by atoms with Crippen molar-refractivity contribution in [3.8, 4) is 0 Å². The minimum atomic E-state index is 0.711. The summed E-state index contributed by atoms with van der Waals surface area (Å²) in [4.78, 5) is 1.34. The lowest BCUT2D eigenvalue weighted by Crippen LogP contribution is -2.18. The molecule has 1 aromatic heterocycles. The molecule has 1 N–H and O–H groups in total. The van der Waals surface area contributed by atoms with Crippen LogP contribution in [0.2, 0.25) is 0 Å². The van der Waals surface area contributed by atoms with Crippen LogP contribution in [0.1, 0.15) is 11.8 Å². The summed E-state index contributed by atoms with van der Waals surface area (Å²) in [7, 11) is 0. The number of hydrogen-bond donors (Lipinski definition) is 1. The summed E-state index contributed by atoms with van der Waals surface area (Å²) in [6, 6.07) is 2.14. The van der Waals surface area contributed by atoms with E-state index < -0.39 is 0 Å². The second-order valence-electron chi connectivity index (χ2n) is 3.05. The molecule has 0 fully saturated rings. The summed E-state index contributed by atoms with van der Waals surface area (Å²) in [6.07, 6.45) is 4.01. The standard InChI is InChI=1S/C11H16BrNOS/c1-2-3-5-14-6-4-13-8-11-7-10(12)9-15-11/h2-3,7,9,13H,4-6,8H2,1H3. The van der Waals surface area contributed by atoms with Crippen LogP contribution >= 0.6 is 27.3 Å². The first-order valence-corrected chi connectivity index (χ1v) is 6.62. The maximum atomic E-state index is 5.36. The number of ether oxygens (including phenoxy) is 1. The molecule has 0 spiro atoms. The molecule has 0 saturated heterocycles. The van der Waals surface area contributed by atoms with Gasteiger partial charge >= 0.3 is 0 Å². The maximum absolute atomic E-state index is 5.36. The van der Waals surface area contributed by atoms with Crippen molar-refractivity contribution in [1.29, 1.82) is 0 Å². The highest BCUT2D eigenvalue weighted by atomic mass is 79.9. The van der Waals surface area contributed by atoms with Gasteiger partial charge in [0.2, 0.25) is 0 Å². The molecule has 2 nitrogen and oxygen atoms in total. The van der Waals surface area contributed by atoms with Gasteiger partial charge in [-0.25, -0.2) is 0 Å². The van der Waals surface area contributed by atoms with Gasteiger partial charge < -0.3 is 10.1 Å². The quantitative estimate of drug-likeness (QED) is 0.615. The maximum Gasteiger partial charge on any atom is 0.0647 e. The van der Waals surface area contributed by atoms with Gasteiger partial charge in [0.25, 0.3) is 0 Å². The minimum absolute atomic E-state index is 0.711. The van der Waals surface area contributed by atoms with Crippen LogP contribution in [0.5, 0.6) is 0 Å². The van der Waals surface area contributed by atoms with Gasteiger partial charge in [-0.2, -0.15) is 0 Å². The Morgan fingerprint density at radius 1 is 1.60 bits per heavy atom. The molecule has 0 aliphatic heterocycles. The first kappa shape index (κ1) is 12.9. The monoisotopic (exact) mass is 289 g/mol. The number of nitrogens with one attached hydrogen (secondary N) is 1. The molecule has 15 heavy (non-hydrogen) atoms. The molecular formula is C11H16BrNOS. The van der Waals surface area contributed by atoms with E-state index in [1.807, 2.05) is 19.1 Å². The van der Waals surface area contributed by atoms with Crippen LogP contribution in [0.15, 0.2) is 28.1 Å². The molecule has 0 aromatic carbocycles. The van der Waals surface area contributed by atoms with Crippen LogP contribution in [-0.4, -0.2) is 19.8 Å². The Labute approximate surface area is 103 Å². The van der Waals surface area contributed by atoms with E-state index in [1.165, 1.54) is 4.88 Å². The molecule has 0 atom stereocenters. The highest BCUT2D eigenvalue weighted by molar-refractivity contribution is 9.10. The van der Waals surface area contributed by atoms with Gasteiger partial charge in [-0.15, -0.1) is 11.3 Å². The summed E-state index contributed by atoms with van der Waals surface area (Å²) in [6.45, 7) is 5.28. The number of hydrogen-bond acceptors (Lipinski definition) is 3. The van der Waals surface area contributed by atoms with Gasteiger partial charge in [0, 0.05) is 27.8 Å². The number of rotatable bonds is 7. The normalized spacial score (nSPS) is 11.3. The van der Waals surface area contributed by atoms with E-state index in [2.05, 4.69) is 32.7 Å². The predicted octanol–water partition coefficient (Wildman–Crippen LogP) is 3.19. The molecule has 84 valence electrons. The molecule has 0 radical (unpaired) electrons. The van der Waals surface area contributed by atoms with Crippen LogP contribution in [0.4, 0.5) is 0 Å². The Bertz CT molecular complexity index is 299. The smallest absolute Gasteiger partial charge is 0.0647 e. The second-order valence-corrected chi connectivity index (χ2v) is 4.96. The third-order valence-electron chi connectivity index (χ3n) is 1.79. The van der Waals surface area contributed by atoms with Gasteiger partial charge in [-0.3, -0.25) is 0 Å². The lowest BCUT2D eigenvalue weighted by molar-refractivity contribution is 0.163. The molecule has 0 bridgehead atoms. The Balaban J connectivity index is 1.97. The van der Waals surface area contributed by atoms with E-state index in [0.29, 0.717) is 6.61 Å². The summed E-state index contributed by atoms with van der Waals surface area (Å²) >= 11 is 5.19. The topological polar surface area (TPSA) is 21.3 Å². The average Bonchev–Trinajstić information content (AvgIpc) is 2.63. The van der Waals surface area contributed by atoms with E-state index in [-0.39, 0.29) is 0 Å². The van der Waals surface area contributed by atoms with E-state index >= 15 is 0 Å². The van der Waals surface area contributed by atoms with Gasteiger partial charge in [0.15, 0.2) is 0 Å². The average molecular weight is 290 g/mol. The molecule has 1 rings (SSSR count). The highest BCUT2D eigenvalue weighted by Crippen LogP contribution is 2.19.